The number of aryl methyl sites for hydroxylation is 1. The fourth-order valence-corrected chi connectivity index (χ4v) is 7.18. The first-order valence-electron chi connectivity index (χ1n) is 10.5. The second-order valence-electron chi connectivity index (χ2n) is 8.71. The van der Waals surface area contributed by atoms with Gasteiger partial charge < -0.3 is 10.0 Å². The molecule has 0 saturated carbocycles. The minimum Gasteiger partial charge on any atom is -0.481 e. The van der Waals surface area contributed by atoms with Gasteiger partial charge in [-0.25, -0.2) is 8.42 Å². The molecule has 3 atom stereocenters. The first kappa shape index (κ1) is 22.1. The zero-order valence-electron chi connectivity index (χ0n) is 17.9. The summed E-state index contributed by atoms with van der Waals surface area (Å²) in [5.74, 6) is -1.45. The van der Waals surface area contributed by atoms with Crippen LogP contribution in [-0.2, 0) is 27.7 Å². The Morgan fingerprint density at radius 3 is 2.39 bits per heavy atom. The van der Waals surface area contributed by atoms with Gasteiger partial charge in [0, 0.05) is 35.9 Å². The predicted molar refractivity (Wildman–Crippen MR) is 121 cm³/mol. The molecule has 31 heavy (non-hydrogen) atoms. The summed E-state index contributed by atoms with van der Waals surface area (Å²) < 4.78 is 29.0. The molecule has 2 aromatic carbocycles. The van der Waals surface area contributed by atoms with Gasteiger partial charge in [-0.2, -0.15) is 4.31 Å². The van der Waals surface area contributed by atoms with E-state index in [1.54, 1.807) is 16.4 Å². The highest BCUT2D eigenvalue weighted by molar-refractivity contribution is 7.89. The number of piperazine rings is 1. The van der Waals surface area contributed by atoms with Crippen molar-refractivity contribution < 1.29 is 18.3 Å². The molecule has 2 aliphatic rings. The van der Waals surface area contributed by atoms with Crippen molar-refractivity contribution in [3.05, 3.63) is 58.1 Å². The number of sulfonamides is 1. The molecule has 1 aliphatic carbocycles. The van der Waals surface area contributed by atoms with Gasteiger partial charge in [0.1, 0.15) is 0 Å². The Morgan fingerprint density at radius 2 is 1.77 bits per heavy atom. The standard InChI is InChI=1S/C23H27ClN2O4S/c1-14-7-8-19(11-21(14)24)25-12-15(2)26(16(3)13-25)31(29,30)22-6-4-5-17-9-18(23(27)28)10-20(17)22/h4-8,11,15-16,18H,9-10,12-13H2,1-3H3,(H,27,28)/t15-,16+,18?. The Morgan fingerprint density at radius 1 is 1.10 bits per heavy atom. The third-order valence-corrected chi connectivity index (χ3v) is 9.03. The van der Waals surface area contributed by atoms with Crippen LogP contribution < -0.4 is 4.90 Å². The van der Waals surface area contributed by atoms with Crippen molar-refractivity contribution in [2.45, 2.75) is 50.6 Å². The molecule has 1 N–H and O–H groups in total. The lowest BCUT2D eigenvalue weighted by Gasteiger charge is -2.44. The van der Waals surface area contributed by atoms with Crippen molar-refractivity contribution in [1.82, 2.24) is 4.31 Å². The third kappa shape index (κ3) is 3.95. The van der Waals surface area contributed by atoms with E-state index in [9.17, 15) is 18.3 Å². The molecule has 1 heterocycles. The molecule has 1 aliphatic heterocycles. The minimum atomic E-state index is -3.77. The normalized spacial score (nSPS) is 24.3. The maximum Gasteiger partial charge on any atom is 0.307 e. The predicted octanol–water partition coefficient (Wildman–Crippen LogP) is 3.74. The summed E-state index contributed by atoms with van der Waals surface area (Å²) in [7, 11) is -3.77. The first-order chi connectivity index (χ1) is 14.6. The van der Waals surface area contributed by atoms with E-state index in [4.69, 9.17) is 11.6 Å². The quantitative estimate of drug-likeness (QED) is 0.748. The number of anilines is 1. The highest BCUT2D eigenvalue weighted by atomic mass is 35.5. The number of carbonyl (C=O) groups is 1. The van der Waals surface area contributed by atoms with E-state index >= 15 is 0 Å². The second kappa shape index (κ2) is 8.11. The fourth-order valence-electron chi connectivity index (χ4n) is 4.92. The number of hydrogen-bond acceptors (Lipinski definition) is 4. The largest absolute Gasteiger partial charge is 0.481 e. The molecule has 1 fully saturated rings. The van der Waals surface area contributed by atoms with Crippen molar-refractivity contribution in [3.8, 4) is 0 Å². The highest BCUT2D eigenvalue weighted by Gasteiger charge is 2.41. The molecule has 2 aromatic rings. The van der Waals surface area contributed by atoms with Crippen LogP contribution in [0.25, 0.3) is 0 Å². The molecular formula is C23H27ClN2O4S. The van der Waals surface area contributed by atoms with Crippen LogP contribution in [0.5, 0.6) is 0 Å². The van der Waals surface area contributed by atoms with E-state index in [-0.39, 0.29) is 23.4 Å². The average molecular weight is 463 g/mol. The van der Waals surface area contributed by atoms with Crippen molar-refractivity contribution in [1.29, 1.82) is 0 Å². The summed E-state index contributed by atoms with van der Waals surface area (Å²) >= 11 is 6.30. The number of carboxylic acid groups (broad SMARTS) is 1. The van der Waals surface area contributed by atoms with Crippen LogP contribution in [0.4, 0.5) is 5.69 Å². The van der Waals surface area contributed by atoms with Gasteiger partial charge in [-0.05, 0) is 68.5 Å². The molecule has 0 bridgehead atoms. The van der Waals surface area contributed by atoms with Crippen molar-refractivity contribution in [2.24, 2.45) is 5.92 Å². The Labute approximate surface area is 188 Å². The second-order valence-corrected chi connectivity index (χ2v) is 10.9. The van der Waals surface area contributed by atoms with E-state index in [1.807, 2.05) is 45.0 Å². The van der Waals surface area contributed by atoms with Gasteiger partial charge >= 0.3 is 5.97 Å². The topological polar surface area (TPSA) is 77.9 Å². The molecule has 0 radical (unpaired) electrons. The number of rotatable bonds is 4. The number of halogens is 1. The van der Waals surface area contributed by atoms with Crippen molar-refractivity contribution in [3.63, 3.8) is 0 Å². The van der Waals surface area contributed by atoms with Crippen LogP contribution in [0, 0.1) is 12.8 Å². The lowest BCUT2D eigenvalue weighted by atomic mass is 10.1. The summed E-state index contributed by atoms with van der Waals surface area (Å²) in [4.78, 5) is 13.9. The van der Waals surface area contributed by atoms with Gasteiger partial charge in [-0.1, -0.05) is 29.8 Å². The molecule has 6 nitrogen and oxygen atoms in total. The lowest BCUT2D eigenvalue weighted by molar-refractivity contribution is -0.141. The highest BCUT2D eigenvalue weighted by Crippen LogP contribution is 2.36. The molecule has 8 heteroatoms. The number of nitrogens with zero attached hydrogens (tertiary/aromatic N) is 2. The Hall–Kier alpha value is -2.09. The number of aliphatic carboxylic acids is 1. The molecular weight excluding hydrogens is 436 g/mol. The van der Waals surface area contributed by atoms with Crippen molar-refractivity contribution in [2.75, 3.05) is 18.0 Å². The zero-order chi connectivity index (χ0) is 22.5. The molecule has 1 unspecified atom stereocenters. The van der Waals surface area contributed by atoms with Crippen LogP contribution in [0.15, 0.2) is 41.3 Å². The van der Waals surface area contributed by atoms with Crippen LogP contribution in [0.3, 0.4) is 0 Å². The smallest absolute Gasteiger partial charge is 0.307 e. The number of benzene rings is 2. The number of carboxylic acids is 1. The zero-order valence-corrected chi connectivity index (χ0v) is 19.4. The maximum absolute atomic E-state index is 13.7. The van der Waals surface area contributed by atoms with Gasteiger partial charge in [0.05, 0.1) is 10.8 Å². The molecule has 4 rings (SSSR count). The molecule has 0 aromatic heterocycles. The maximum atomic E-state index is 13.7. The van der Waals surface area contributed by atoms with Gasteiger partial charge in [0.25, 0.3) is 0 Å². The summed E-state index contributed by atoms with van der Waals surface area (Å²) in [5, 5.41) is 10.1. The first-order valence-corrected chi connectivity index (χ1v) is 12.3. The summed E-state index contributed by atoms with van der Waals surface area (Å²) in [6.45, 7) is 6.89. The minimum absolute atomic E-state index is 0.249. The van der Waals surface area contributed by atoms with E-state index in [1.165, 1.54) is 0 Å². The van der Waals surface area contributed by atoms with Crippen LogP contribution in [0.1, 0.15) is 30.5 Å². The van der Waals surface area contributed by atoms with Crippen molar-refractivity contribution >= 4 is 33.3 Å². The Balaban J connectivity index is 1.63. The van der Waals surface area contributed by atoms with Gasteiger partial charge in [-0.15, -0.1) is 0 Å². The van der Waals surface area contributed by atoms with Crippen LogP contribution in [-0.4, -0.2) is 49.0 Å². The molecule has 166 valence electrons. The van der Waals surface area contributed by atoms with E-state index in [2.05, 4.69) is 4.90 Å². The summed E-state index contributed by atoms with van der Waals surface area (Å²) in [6, 6.07) is 10.6. The fraction of sp³-hybridized carbons (Fsp3) is 0.435. The monoisotopic (exact) mass is 462 g/mol. The summed E-state index contributed by atoms with van der Waals surface area (Å²) in [5.41, 5.74) is 3.46. The van der Waals surface area contributed by atoms with Gasteiger partial charge in [0.15, 0.2) is 0 Å². The molecule has 0 spiro atoms. The average Bonchev–Trinajstić information content (AvgIpc) is 3.14. The third-order valence-electron chi connectivity index (χ3n) is 6.41. The Kier molecular flexibility index (Phi) is 5.79. The van der Waals surface area contributed by atoms with E-state index in [0.29, 0.717) is 30.1 Å². The van der Waals surface area contributed by atoms with Crippen LogP contribution in [0.2, 0.25) is 5.02 Å². The number of fused-ring (bicyclic) bond motifs is 1. The van der Waals surface area contributed by atoms with Crippen LogP contribution >= 0.6 is 11.6 Å². The Bertz CT molecular complexity index is 1120. The van der Waals surface area contributed by atoms with Gasteiger partial charge in [-0.3, -0.25) is 4.79 Å². The number of hydrogen-bond donors (Lipinski definition) is 1. The van der Waals surface area contributed by atoms with E-state index in [0.717, 1.165) is 16.8 Å². The van der Waals surface area contributed by atoms with Gasteiger partial charge in [0.2, 0.25) is 10.0 Å². The summed E-state index contributed by atoms with van der Waals surface area (Å²) in [6.07, 6.45) is 0.631. The molecule has 0 amide bonds. The molecule has 1 saturated heterocycles. The van der Waals surface area contributed by atoms with E-state index < -0.39 is 21.9 Å². The SMILES string of the molecule is Cc1ccc(N2C[C@@H](C)N(S(=O)(=O)c3cccc4c3CC(C(=O)O)C4)[C@@H](C)C2)cc1Cl. The lowest BCUT2D eigenvalue weighted by Crippen LogP contribution is -2.58.